The van der Waals surface area contributed by atoms with E-state index in [4.69, 9.17) is 4.74 Å². The number of carbonyl (C=O) groups is 1. The zero-order valence-corrected chi connectivity index (χ0v) is 11.5. The SMILES string of the molecule is CCCCN1C(=O)C(C)Oc2ccc(Br)nc21. The molecule has 0 saturated heterocycles. The van der Waals surface area contributed by atoms with Crippen molar-refractivity contribution < 1.29 is 9.53 Å². The molecule has 0 spiro atoms. The fourth-order valence-electron chi connectivity index (χ4n) is 1.79. The van der Waals surface area contributed by atoms with Crippen LogP contribution in [0.15, 0.2) is 16.7 Å². The number of halogens is 1. The van der Waals surface area contributed by atoms with Gasteiger partial charge in [0.25, 0.3) is 5.91 Å². The Morgan fingerprint density at radius 2 is 2.29 bits per heavy atom. The Balaban J connectivity index is 2.36. The Morgan fingerprint density at radius 3 is 3.00 bits per heavy atom. The zero-order valence-electron chi connectivity index (χ0n) is 9.94. The third kappa shape index (κ3) is 2.44. The lowest BCUT2D eigenvalue weighted by Crippen LogP contribution is -2.45. The fourth-order valence-corrected chi connectivity index (χ4v) is 2.10. The van der Waals surface area contributed by atoms with E-state index in [1.807, 2.05) is 12.1 Å². The zero-order chi connectivity index (χ0) is 12.4. The van der Waals surface area contributed by atoms with Gasteiger partial charge in [0.2, 0.25) is 0 Å². The minimum Gasteiger partial charge on any atom is -0.477 e. The van der Waals surface area contributed by atoms with Crippen molar-refractivity contribution in [1.29, 1.82) is 0 Å². The molecule has 92 valence electrons. The largest absolute Gasteiger partial charge is 0.477 e. The molecule has 1 unspecified atom stereocenters. The first-order valence-electron chi connectivity index (χ1n) is 5.78. The van der Waals surface area contributed by atoms with Gasteiger partial charge in [0.05, 0.1) is 0 Å². The van der Waals surface area contributed by atoms with E-state index >= 15 is 0 Å². The molecule has 1 aliphatic heterocycles. The summed E-state index contributed by atoms with van der Waals surface area (Å²) >= 11 is 3.32. The summed E-state index contributed by atoms with van der Waals surface area (Å²) in [5.74, 6) is 1.28. The lowest BCUT2D eigenvalue weighted by molar-refractivity contribution is -0.125. The standard InChI is InChI=1S/C12H15BrN2O2/c1-3-4-7-15-11-9(5-6-10(13)14-11)17-8(2)12(15)16/h5-6,8H,3-4,7H2,1-2H3. The molecule has 1 aromatic rings. The number of unbranched alkanes of at least 4 members (excludes halogenated alkanes) is 1. The molecule has 1 atom stereocenters. The summed E-state index contributed by atoms with van der Waals surface area (Å²) in [6.07, 6.45) is 1.58. The number of anilines is 1. The van der Waals surface area contributed by atoms with Crippen LogP contribution in [0.4, 0.5) is 5.82 Å². The summed E-state index contributed by atoms with van der Waals surface area (Å²) < 4.78 is 6.25. The van der Waals surface area contributed by atoms with Crippen LogP contribution in [-0.4, -0.2) is 23.5 Å². The van der Waals surface area contributed by atoms with Crippen molar-refractivity contribution in [3.63, 3.8) is 0 Å². The van der Waals surface area contributed by atoms with Crippen LogP contribution in [0.3, 0.4) is 0 Å². The summed E-state index contributed by atoms with van der Waals surface area (Å²) in [6.45, 7) is 4.56. The fraction of sp³-hybridized carbons (Fsp3) is 0.500. The Labute approximate surface area is 109 Å². The van der Waals surface area contributed by atoms with Crippen molar-refractivity contribution in [2.75, 3.05) is 11.4 Å². The predicted octanol–water partition coefficient (Wildman–Crippen LogP) is 2.76. The lowest BCUT2D eigenvalue weighted by atomic mass is 10.2. The van der Waals surface area contributed by atoms with E-state index in [0.717, 1.165) is 12.8 Å². The minimum absolute atomic E-state index is 0.0171. The summed E-state index contributed by atoms with van der Waals surface area (Å²) in [4.78, 5) is 18.1. The molecule has 2 heterocycles. The van der Waals surface area contributed by atoms with Gasteiger partial charge in [-0.1, -0.05) is 13.3 Å². The number of hydrogen-bond donors (Lipinski definition) is 0. The molecule has 0 radical (unpaired) electrons. The number of hydrogen-bond acceptors (Lipinski definition) is 3. The van der Waals surface area contributed by atoms with Crippen LogP contribution in [0, 0.1) is 0 Å². The first-order valence-corrected chi connectivity index (χ1v) is 6.57. The van der Waals surface area contributed by atoms with Crippen LogP contribution in [0.1, 0.15) is 26.7 Å². The van der Waals surface area contributed by atoms with Gasteiger partial charge in [0.15, 0.2) is 17.7 Å². The highest BCUT2D eigenvalue weighted by Gasteiger charge is 2.32. The van der Waals surface area contributed by atoms with Gasteiger partial charge in [0.1, 0.15) is 4.60 Å². The summed E-state index contributed by atoms with van der Waals surface area (Å²) in [5, 5.41) is 0. The molecule has 0 aromatic carbocycles. The molecule has 1 amide bonds. The van der Waals surface area contributed by atoms with E-state index in [-0.39, 0.29) is 5.91 Å². The van der Waals surface area contributed by atoms with Crippen molar-refractivity contribution in [2.24, 2.45) is 0 Å². The summed E-state index contributed by atoms with van der Waals surface area (Å²) in [7, 11) is 0. The predicted molar refractivity (Wildman–Crippen MR) is 69.3 cm³/mol. The quantitative estimate of drug-likeness (QED) is 0.806. The average molecular weight is 299 g/mol. The van der Waals surface area contributed by atoms with Crippen LogP contribution in [0.2, 0.25) is 0 Å². The first-order chi connectivity index (χ1) is 8.13. The Hall–Kier alpha value is -1.10. The molecule has 1 aliphatic rings. The molecule has 0 N–H and O–H groups in total. The van der Waals surface area contributed by atoms with Crippen LogP contribution in [0.5, 0.6) is 5.75 Å². The molecule has 2 rings (SSSR count). The Morgan fingerprint density at radius 1 is 1.53 bits per heavy atom. The minimum atomic E-state index is -0.428. The molecule has 4 nitrogen and oxygen atoms in total. The van der Waals surface area contributed by atoms with Crippen molar-refractivity contribution in [3.05, 3.63) is 16.7 Å². The Kier molecular flexibility index (Phi) is 3.66. The second-order valence-electron chi connectivity index (χ2n) is 4.06. The highest BCUT2D eigenvalue weighted by atomic mass is 79.9. The molecule has 0 bridgehead atoms. The molecule has 0 fully saturated rings. The van der Waals surface area contributed by atoms with E-state index in [0.29, 0.717) is 22.7 Å². The highest BCUT2D eigenvalue weighted by Crippen LogP contribution is 2.33. The van der Waals surface area contributed by atoms with Crippen molar-refractivity contribution in [2.45, 2.75) is 32.8 Å². The van der Waals surface area contributed by atoms with Gasteiger partial charge < -0.3 is 4.74 Å². The van der Waals surface area contributed by atoms with Crippen LogP contribution in [0.25, 0.3) is 0 Å². The van der Waals surface area contributed by atoms with E-state index < -0.39 is 6.10 Å². The molecule has 0 aliphatic carbocycles. The number of pyridine rings is 1. The number of ether oxygens (including phenoxy) is 1. The first kappa shape index (κ1) is 12.4. The second kappa shape index (κ2) is 5.04. The Bertz CT molecular complexity index is 437. The monoisotopic (exact) mass is 298 g/mol. The van der Waals surface area contributed by atoms with Crippen molar-refractivity contribution >= 4 is 27.7 Å². The molecule has 0 saturated carbocycles. The van der Waals surface area contributed by atoms with Gasteiger partial charge >= 0.3 is 0 Å². The maximum atomic E-state index is 12.1. The maximum absolute atomic E-state index is 12.1. The van der Waals surface area contributed by atoms with E-state index in [2.05, 4.69) is 27.8 Å². The second-order valence-corrected chi connectivity index (χ2v) is 4.87. The lowest BCUT2D eigenvalue weighted by Gasteiger charge is -2.31. The third-order valence-corrected chi connectivity index (χ3v) is 3.16. The number of rotatable bonds is 3. The topological polar surface area (TPSA) is 42.4 Å². The van der Waals surface area contributed by atoms with E-state index in [1.54, 1.807) is 11.8 Å². The molecule has 1 aromatic heterocycles. The van der Waals surface area contributed by atoms with E-state index in [9.17, 15) is 4.79 Å². The summed E-state index contributed by atoms with van der Waals surface area (Å²) in [5.41, 5.74) is 0. The van der Waals surface area contributed by atoms with Crippen molar-refractivity contribution in [3.8, 4) is 5.75 Å². The van der Waals surface area contributed by atoms with Gasteiger partial charge in [0, 0.05) is 6.54 Å². The number of fused-ring (bicyclic) bond motifs is 1. The van der Waals surface area contributed by atoms with Gasteiger partial charge in [-0.25, -0.2) is 4.98 Å². The molecular formula is C12H15BrN2O2. The normalized spacial score (nSPS) is 18.9. The number of amides is 1. The molecule has 17 heavy (non-hydrogen) atoms. The van der Waals surface area contributed by atoms with Crippen LogP contribution in [-0.2, 0) is 4.79 Å². The molecular weight excluding hydrogens is 284 g/mol. The maximum Gasteiger partial charge on any atom is 0.269 e. The number of aromatic nitrogens is 1. The van der Waals surface area contributed by atoms with Gasteiger partial charge in [-0.05, 0) is 41.4 Å². The highest BCUT2D eigenvalue weighted by molar-refractivity contribution is 9.10. The molecule has 5 heteroatoms. The number of carbonyl (C=O) groups excluding carboxylic acids is 1. The smallest absolute Gasteiger partial charge is 0.269 e. The van der Waals surface area contributed by atoms with Gasteiger partial charge in [-0.2, -0.15) is 0 Å². The summed E-state index contributed by atoms with van der Waals surface area (Å²) in [6, 6.07) is 3.66. The number of nitrogens with zero attached hydrogens (tertiary/aromatic N) is 2. The van der Waals surface area contributed by atoms with E-state index in [1.165, 1.54) is 0 Å². The van der Waals surface area contributed by atoms with Crippen LogP contribution >= 0.6 is 15.9 Å². The van der Waals surface area contributed by atoms with Gasteiger partial charge in [-0.3, -0.25) is 9.69 Å². The average Bonchev–Trinajstić information content (AvgIpc) is 2.31. The van der Waals surface area contributed by atoms with Crippen LogP contribution < -0.4 is 9.64 Å². The van der Waals surface area contributed by atoms with Crippen molar-refractivity contribution in [1.82, 2.24) is 4.98 Å². The third-order valence-electron chi connectivity index (χ3n) is 2.71. The van der Waals surface area contributed by atoms with Gasteiger partial charge in [-0.15, -0.1) is 0 Å².